The molecule has 0 aliphatic heterocycles. The Morgan fingerprint density at radius 1 is 1.62 bits per heavy atom. The third-order valence-electron chi connectivity index (χ3n) is 0. The summed E-state index contributed by atoms with van der Waals surface area (Å²) in [5, 5.41) is 26.6. The van der Waals surface area contributed by atoms with Crippen LogP contribution in [0.3, 0.4) is 0 Å². The molecular weight excluding hydrogens is 123 g/mol. The summed E-state index contributed by atoms with van der Waals surface area (Å²) in [6.45, 7) is 0. The van der Waals surface area contributed by atoms with Crippen molar-refractivity contribution in [3.05, 3.63) is 0 Å². The van der Waals surface area contributed by atoms with Crippen molar-refractivity contribution in [2.75, 3.05) is 0 Å². The third kappa shape index (κ3) is 997. The van der Waals surface area contributed by atoms with Crippen molar-refractivity contribution in [1.29, 1.82) is 10.8 Å². The van der Waals surface area contributed by atoms with Crippen LogP contribution in [0.15, 0.2) is 0 Å². The van der Waals surface area contributed by atoms with Crippen LogP contribution in [0.1, 0.15) is 0 Å². The zero-order valence-electron chi connectivity index (χ0n) is 4.26. The van der Waals surface area contributed by atoms with Crippen LogP contribution in [0.2, 0.25) is 0 Å². The topological polar surface area (TPSA) is 108 Å². The first-order chi connectivity index (χ1) is 3.15. The van der Waals surface area contributed by atoms with Gasteiger partial charge in [0.2, 0.25) is 6.16 Å². The largest absolute Gasteiger partial charge is 1.00 e. The third-order valence-corrected chi connectivity index (χ3v) is 0. The van der Waals surface area contributed by atoms with Gasteiger partial charge in [0.1, 0.15) is 0 Å². The summed E-state index contributed by atoms with van der Waals surface area (Å²) in [5.41, 5.74) is 0. The maximum atomic E-state index is 8.44. The van der Waals surface area contributed by atoms with Crippen LogP contribution in [0.4, 0.5) is 4.79 Å². The molecule has 6 heteroatoms. The van der Waals surface area contributed by atoms with Crippen LogP contribution >= 0.6 is 0 Å². The predicted octanol–water partition coefficient (Wildman–Crippen LogP) is -3.79. The molecule has 0 spiro atoms. The fraction of sp³-hybridized carbons (Fsp3) is 0. The van der Waals surface area contributed by atoms with E-state index < -0.39 is 6.16 Å². The Kier molecular flexibility index (Phi) is 31.2. The number of hydrogen-bond donors (Lipinski definition) is 3. The molecule has 8 heavy (non-hydrogen) atoms. The Bertz CT molecular complexity index is 83.3. The summed E-state index contributed by atoms with van der Waals surface area (Å²) >= 11 is 0. The molecule has 0 saturated heterocycles. The predicted molar refractivity (Wildman–Crippen MR) is 18.5 cm³/mol. The van der Waals surface area contributed by atoms with E-state index in [-0.39, 0.29) is 29.6 Å². The van der Waals surface area contributed by atoms with Gasteiger partial charge in [0.25, 0.3) is 0 Å². The monoisotopic (exact) mass is 126 g/mol. The molecule has 0 aromatic rings. The molecule has 0 amide bonds. The Labute approximate surface area is 67.6 Å². The molecule has 0 unspecified atom stereocenters. The van der Waals surface area contributed by atoms with Crippen molar-refractivity contribution in [1.82, 2.24) is 0 Å². The number of rotatable bonds is 0. The first-order valence-electron chi connectivity index (χ1n) is 1.13. The molecule has 0 radical (unpaired) electrons. The average Bonchev–Trinajstić information content (AvgIpc) is 1.33. The average molecular weight is 126 g/mol. The molecule has 0 bridgehead atoms. The molecule has 0 aliphatic rings. The molecule has 40 valence electrons. The molecule has 5 nitrogen and oxygen atoms in total. The quantitative estimate of drug-likeness (QED) is 0.229. The minimum absolute atomic E-state index is 0. The van der Waals surface area contributed by atoms with E-state index in [9.17, 15) is 0 Å². The molecule has 0 aliphatic carbocycles. The van der Waals surface area contributed by atoms with Gasteiger partial charge in [0, 0.05) is 0 Å². The van der Waals surface area contributed by atoms with Crippen LogP contribution in [-0.4, -0.2) is 17.3 Å². The first-order valence-corrected chi connectivity index (χ1v) is 1.13. The van der Waals surface area contributed by atoms with Crippen LogP contribution in [0, 0.1) is 10.8 Å². The Hall–Kier alpha value is -0.350. The van der Waals surface area contributed by atoms with Crippen LogP contribution in [0.5, 0.6) is 0 Å². The second kappa shape index (κ2) is 15.9. The summed E-state index contributed by atoms with van der Waals surface area (Å²) in [4.78, 5) is 8.44. The second-order valence-corrected chi connectivity index (χ2v) is 0.391. The van der Waals surface area contributed by atoms with Gasteiger partial charge < -0.3 is 15.0 Å². The summed E-state index contributed by atoms with van der Waals surface area (Å²) in [7, 11) is 0. The maximum Gasteiger partial charge on any atom is 1.00 e. The Morgan fingerprint density at radius 2 is 1.62 bits per heavy atom. The summed E-state index contributed by atoms with van der Waals surface area (Å²) in [6.07, 6.45) is -2.08. The van der Waals surface area contributed by atoms with Gasteiger partial charge in [-0.3, -0.25) is 0 Å². The van der Waals surface area contributed by atoms with E-state index in [1.54, 1.807) is 0 Å². The van der Waals surface area contributed by atoms with E-state index in [4.69, 9.17) is 25.8 Å². The normalized spacial score (nSPS) is 4.00. The van der Waals surface area contributed by atoms with Gasteiger partial charge in [-0.05, 0) is 0 Å². The zero-order valence-corrected chi connectivity index (χ0v) is 6.26. The van der Waals surface area contributed by atoms with Crippen molar-refractivity contribution < 1.29 is 44.6 Å². The molecule has 0 saturated carbocycles. The molecule has 0 rings (SSSR count). The molecule has 0 atom stereocenters. The van der Waals surface area contributed by atoms with Gasteiger partial charge in [-0.1, -0.05) is 0 Å². The van der Waals surface area contributed by atoms with Crippen LogP contribution in [0.25, 0.3) is 0 Å². The number of carbonyl (C=O) groups is 1. The van der Waals surface area contributed by atoms with Crippen molar-refractivity contribution in [2.45, 2.75) is 0 Å². The Balaban J connectivity index is -0.0000000575. The van der Waals surface area contributed by atoms with Crippen LogP contribution < -0.4 is 34.7 Å². The number of nitrogens with one attached hydrogen (secondary N) is 2. The number of hydrogen-bond acceptors (Lipinski definition) is 4. The van der Waals surface area contributed by atoms with Crippen molar-refractivity contribution in [3.8, 4) is 0 Å². The second-order valence-electron chi connectivity index (χ2n) is 0.391. The minimum atomic E-state index is -2.08. The van der Waals surface area contributed by atoms with E-state index in [1.165, 1.54) is 6.01 Å². The van der Waals surface area contributed by atoms with E-state index in [1.807, 2.05) is 0 Å². The van der Waals surface area contributed by atoms with Crippen molar-refractivity contribution in [3.63, 3.8) is 0 Å². The number of carboxylic acid groups (broad SMARTS) is 2. The molecule has 0 aromatic carbocycles. The maximum absolute atomic E-state index is 8.44. The molecule has 0 heterocycles. The summed E-state index contributed by atoms with van der Waals surface area (Å²) in [6, 6.07) is 1.25. The van der Waals surface area contributed by atoms with Gasteiger partial charge in [0.15, 0.2) is 0 Å². The molecule has 0 fully saturated rings. The van der Waals surface area contributed by atoms with E-state index in [0.717, 1.165) is 0 Å². The van der Waals surface area contributed by atoms with Gasteiger partial charge in [-0.25, -0.2) is 10.8 Å². The van der Waals surface area contributed by atoms with Gasteiger partial charge >= 0.3 is 29.6 Å². The standard InChI is InChI=1S/CH2N2.CH2O3.Na/c2-1-3;2-1(3)4;/h2-3H;(H2,2,3,4);/q;;+1/p-1. The smallest absolute Gasteiger partial charge is 0.565 e. The van der Waals surface area contributed by atoms with Crippen molar-refractivity contribution in [2.24, 2.45) is 0 Å². The fourth-order valence-corrected chi connectivity index (χ4v) is 0. The summed E-state index contributed by atoms with van der Waals surface area (Å²) < 4.78 is 0. The SMILES string of the molecule is N=C=N.O=C([O-])O.[Na+]. The molecule has 3 N–H and O–H groups in total. The van der Waals surface area contributed by atoms with Crippen LogP contribution in [-0.2, 0) is 0 Å². The first kappa shape index (κ1) is 15.6. The zero-order chi connectivity index (χ0) is 6.28. The van der Waals surface area contributed by atoms with Gasteiger partial charge in [-0.15, -0.1) is 0 Å². The summed E-state index contributed by atoms with van der Waals surface area (Å²) in [5.74, 6) is 0. The van der Waals surface area contributed by atoms with E-state index in [2.05, 4.69) is 0 Å². The van der Waals surface area contributed by atoms with E-state index in [0.29, 0.717) is 0 Å². The van der Waals surface area contributed by atoms with E-state index >= 15 is 0 Å². The fourth-order valence-electron chi connectivity index (χ4n) is 0. The van der Waals surface area contributed by atoms with Crippen molar-refractivity contribution >= 4 is 12.2 Å². The minimum Gasteiger partial charge on any atom is -0.565 e. The molecular formula is C2H3N2NaO3. The molecule has 0 aromatic heterocycles. The van der Waals surface area contributed by atoms with Gasteiger partial charge in [-0.2, -0.15) is 0 Å². The van der Waals surface area contributed by atoms with Gasteiger partial charge in [0.05, 0.1) is 6.01 Å². The Morgan fingerprint density at radius 3 is 1.62 bits per heavy atom.